The molecule has 0 bridgehead atoms. The Labute approximate surface area is 149 Å². The van der Waals surface area contributed by atoms with Gasteiger partial charge in [0.05, 0.1) is 7.11 Å². The summed E-state index contributed by atoms with van der Waals surface area (Å²) in [6.07, 6.45) is 2.88. The van der Waals surface area contributed by atoms with Crippen LogP contribution >= 0.6 is 24.8 Å². The van der Waals surface area contributed by atoms with Gasteiger partial charge in [0.15, 0.2) is 11.5 Å². The maximum Gasteiger partial charge on any atom is 0.231 e. The average molecular weight is 363 g/mol. The van der Waals surface area contributed by atoms with Crippen LogP contribution in [-0.2, 0) is 0 Å². The predicted molar refractivity (Wildman–Crippen MR) is 95.6 cm³/mol. The number of halogens is 2. The Morgan fingerprint density at radius 3 is 2.70 bits per heavy atom. The molecule has 1 N–H and O–H groups in total. The highest BCUT2D eigenvalue weighted by Crippen LogP contribution is 2.44. The SMILES string of the molecule is C=CC[C@H](c1cc(OC)c2c(c1)OCO2)N1CCNCC1.Cl.Cl. The summed E-state index contributed by atoms with van der Waals surface area (Å²) in [5, 5.41) is 3.39. The molecule has 1 atom stereocenters. The molecule has 0 aliphatic carbocycles. The van der Waals surface area contributed by atoms with Crippen molar-refractivity contribution in [1.82, 2.24) is 10.2 Å². The molecule has 1 saturated heterocycles. The number of rotatable bonds is 5. The number of methoxy groups -OCH3 is 1. The standard InChI is InChI=1S/C16H22N2O3.2ClH/c1-3-4-13(18-7-5-17-6-8-18)12-9-14(19-2)16-15(10-12)20-11-21-16;;/h3,9-10,13,17H,1,4-8,11H2,2H3;2*1H/t13-;;/m1../s1. The highest BCUT2D eigenvalue weighted by atomic mass is 35.5. The highest BCUT2D eigenvalue weighted by Gasteiger charge is 2.26. The lowest BCUT2D eigenvalue weighted by molar-refractivity contribution is 0.170. The molecule has 0 aromatic heterocycles. The van der Waals surface area contributed by atoms with Gasteiger partial charge in [-0.2, -0.15) is 0 Å². The van der Waals surface area contributed by atoms with Crippen LogP contribution in [0.1, 0.15) is 18.0 Å². The summed E-state index contributed by atoms with van der Waals surface area (Å²) in [4.78, 5) is 2.48. The van der Waals surface area contributed by atoms with Crippen molar-refractivity contribution in [2.24, 2.45) is 0 Å². The molecule has 0 saturated carbocycles. The Morgan fingerprint density at radius 2 is 2.04 bits per heavy atom. The van der Waals surface area contributed by atoms with E-state index >= 15 is 0 Å². The minimum Gasteiger partial charge on any atom is -0.493 e. The van der Waals surface area contributed by atoms with Crippen molar-refractivity contribution in [2.75, 3.05) is 40.1 Å². The number of fused-ring (bicyclic) bond motifs is 1. The summed E-state index contributed by atoms with van der Waals surface area (Å²) in [6.45, 7) is 8.29. The van der Waals surface area contributed by atoms with Gasteiger partial charge in [-0.15, -0.1) is 31.4 Å². The molecule has 0 amide bonds. The molecule has 1 aromatic rings. The van der Waals surface area contributed by atoms with Crippen molar-refractivity contribution in [3.63, 3.8) is 0 Å². The van der Waals surface area contributed by atoms with E-state index in [1.54, 1.807) is 7.11 Å². The zero-order valence-corrected chi connectivity index (χ0v) is 14.9. The van der Waals surface area contributed by atoms with Crippen LogP contribution in [0.15, 0.2) is 24.8 Å². The largest absolute Gasteiger partial charge is 0.493 e. The summed E-state index contributed by atoms with van der Waals surface area (Å²) in [6, 6.07) is 4.43. The Kier molecular flexibility index (Phi) is 7.99. The summed E-state index contributed by atoms with van der Waals surface area (Å²) < 4.78 is 16.5. The lowest BCUT2D eigenvalue weighted by Crippen LogP contribution is -2.45. The highest BCUT2D eigenvalue weighted by molar-refractivity contribution is 5.85. The first-order chi connectivity index (χ1) is 10.3. The van der Waals surface area contributed by atoms with Crippen LogP contribution in [0.4, 0.5) is 0 Å². The number of hydrogen-bond donors (Lipinski definition) is 1. The number of ether oxygens (including phenoxy) is 3. The second-order valence-electron chi connectivity index (χ2n) is 5.28. The molecule has 5 nitrogen and oxygen atoms in total. The predicted octanol–water partition coefficient (Wildman–Crippen LogP) is 2.79. The summed E-state index contributed by atoms with van der Waals surface area (Å²) in [7, 11) is 1.66. The first-order valence-corrected chi connectivity index (χ1v) is 7.36. The number of nitrogens with zero attached hydrogens (tertiary/aromatic N) is 1. The Morgan fingerprint density at radius 1 is 1.30 bits per heavy atom. The molecule has 0 unspecified atom stereocenters. The van der Waals surface area contributed by atoms with E-state index in [0.29, 0.717) is 11.8 Å². The summed E-state index contributed by atoms with van der Waals surface area (Å²) >= 11 is 0. The maximum absolute atomic E-state index is 5.54. The normalized spacial score (nSPS) is 17.6. The van der Waals surface area contributed by atoms with Crippen molar-refractivity contribution in [3.8, 4) is 17.2 Å². The number of benzene rings is 1. The van der Waals surface area contributed by atoms with Gasteiger partial charge in [0.25, 0.3) is 0 Å². The smallest absolute Gasteiger partial charge is 0.231 e. The molecule has 7 heteroatoms. The molecule has 0 spiro atoms. The quantitative estimate of drug-likeness (QED) is 0.815. The zero-order valence-electron chi connectivity index (χ0n) is 13.2. The summed E-state index contributed by atoms with van der Waals surface area (Å²) in [5.41, 5.74) is 1.19. The third-order valence-corrected chi connectivity index (χ3v) is 4.05. The van der Waals surface area contributed by atoms with Crippen LogP contribution in [0.3, 0.4) is 0 Å². The van der Waals surface area contributed by atoms with Crippen LogP contribution in [0.2, 0.25) is 0 Å². The second kappa shape index (κ2) is 9.23. The van der Waals surface area contributed by atoms with Crippen molar-refractivity contribution < 1.29 is 14.2 Å². The van der Waals surface area contributed by atoms with Crippen molar-refractivity contribution in [2.45, 2.75) is 12.5 Å². The van der Waals surface area contributed by atoms with E-state index in [2.05, 4.69) is 28.9 Å². The number of nitrogens with one attached hydrogen (secondary N) is 1. The molecular weight excluding hydrogens is 339 g/mol. The van der Waals surface area contributed by atoms with Gasteiger partial charge in [0, 0.05) is 32.2 Å². The molecule has 1 aromatic carbocycles. The fourth-order valence-corrected chi connectivity index (χ4v) is 2.99. The van der Waals surface area contributed by atoms with Crippen LogP contribution < -0.4 is 19.5 Å². The third kappa shape index (κ3) is 4.23. The van der Waals surface area contributed by atoms with Gasteiger partial charge < -0.3 is 19.5 Å². The third-order valence-electron chi connectivity index (χ3n) is 4.05. The number of piperazine rings is 1. The van der Waals surface area contributed by atoms with E-state index in [4.69, 9.17) is 14.2 Å². The summed E-state index contributed by atoms with van der Waals surface area (Å²) in [5.74, 6) is 2.22. The topological polar surface area (TPSA) is 43.0 Å². The Bertz CT molecular complexity index is 522. The van der Waals surface area contributed by atoms with E-state index in [1.165, 1.54) is 5.56 Å². The van der Waals surface area contributed by atoms with E-state index in [0.717, 1.165) is 44.1 Å². The molecule has 1 fully saturated rings. The molecule has 3 rings (SSSR count). The van der Waals surface area contributed by atoms with E-state index < -0.39 is 0 Å². The minimum absolute atomic E-state index is 0. The van der Waals surface area contributed by atoms with Crippen molar-refractivity contribution in [1.29, 1.82) is 0 Å². The minimum atomic E-state index is 0. The van der Waals surface area contributed by atoms with Crippen LogP contribution in [0, 0.1) is 0 Å². The monoisotopic (exact) mass is 362 g/mol. The first-order valence-electron chi connectivity index (χ1n) is 7.36. The van der Waals surface area contributed by atoms with Crippen LogP contribution in [0.5, 0.6) is 17.2 Å². The van der Waals surface area contributed by atoms with E-state index in [-0.39, 0.29) is 31.6 Å². The van der Waals surface area contributed by atoms with Crippen LogP contribution in [-0.4, -0.2) is 45.0 Å². The lowest BCUT2D eigenvalue weighted by Gasteiger charge is -2.35. The van der Waals surface area contributed by atoms with Gasteiger partial charge in [-0.25, -0.2) is 0 Å². The molecule has 0 radical (unpaired) electrons. The van der Waals surface area contributed by atoms with Gasteiger partial charge >= 0.3 is 0 Å². The van der Waals surface area contributed by atoms with Gasteiger partial charge in [-0.05, 0) is 24.1 Å². The number of hydrogen-bond acceptors (Lipinski definition) is 5. The lowest BCUT2D eigenvalue weighted by atomic mass is 10.00. The van der Waals surface area contributed by atoms with Crippen molar-refractivity contribution in [3.05, 3.63) is 30.4 Å². The van der Waals surface area contributed by atoms with Gasteiger partial charge in [-0.1, -0.05) is 6.08 Å². The Balaban J connectivity index is 0.00000132. The molecular formula is C16H24Cl2N2O3. The molecule has 2 aliphatic heterocycles. The molecule has 2 aliphatic rings. The van der Waals surface area contributed by atoms with E-state index in [9.17, 15) is 0 Å². The molecule has 130 valence electrons. The zero-order chi connectivity index (χ0) is 14.7. The second-order valence-corrected chi connectivity index (χ2v) is 5.28. The van der Waals surface area contributed by atoms with Gasteiger partial charge in [0.2, 0.25) is 12.5 Å². The fraction of sp³-hybridized carbons (Fsp3) is 0.500. The first kappa shape index (κ1) is 19.9. The Hall–Kier alpha value is -1.14. The molecule has 2 heterocycles. The maximum atomic E-state index is 5.54. The van der Waals surface area contributed by atoms with Crippen molar-refractivity contribution >= 4 is 24.8 Å². The van der Waals surface area contributed by atoms with E-state index in [1.807, 2.05) is 6.08 Å². The average Bonchev–Trinajstić information content (AvgIpc) is 3.01. The fourth-order valence-electron chi connectivity index (χ4n) is 2.99. The molecule has 23 heavy (non-hydrogen) atoms. The van der Waals surface area contributed by atoms with Crippen LogP contribution in [0.25, 0.3) is 0 Å². The van der Waals surface area contributed by atoms with Gasteiger partial charge in [0.1, 0.15) is 0 Å². The van der Waals surface area contributed by atoms with Gasteiger partial charge in [-0.3, -0.25) is 4.90 Å².